The molecule has 1 aliphatic heterocycles. The Balaban J connectivity index is 2.03. The van der Waals surface area contributed by atoms with Gasteiger partial charge >= 0.3 is 0 Å². The maximum absolute atomic E-state index is 12.6. The van der Waals surface area contributed by atoms with E-state index in [4.69, 9.17) is 0 Å². The first-order valence-electron chi connectivity index (χ1n) is 7.08. The number of amides is 1. The van der Waals surface area contributed by atoms with Crippen molar-refractivity contribution in [3.05, 3.63) is 35.9 Å². The molecule has 2 rings (SSSR count). The van der Waals surface area contributed by atoms with Crippen LogP contribution in [0.15, 0.2) is 30.3 Å². The van der Waals surface area contributed by atoms with Crippen molar-refractivity contribution in [2.45, 2.75) is 44.1 Å². The van der Waals surface area contributed by atoms with Gasteiger partial charge in [-0.1, -0.05) is 30.3 Å². The number of benzene rings is 1. The molecular weight excluding hydrogens is 268 g/mol. The lowest BCUT2D eigenvalue weighted by Gasteiger charge is -2.30. The molecule has 1 aromatic rings. The molecule has 1 heterocycles. The van der Waals surface area contributed by atoms with Crippen molar-refractivity contribution in [2.75, 3.05) is 12.8 Å². The first-order valence-corrected chi connectivity index (χ1v) is 8.31. The number of hydrogen-bond acceptors (Lipinski definition) is 3. The zero-order chi connectivity index (χ0) is 14.8. The lowest BCUT2D eigenvalue weighted by Crippen LogP contribution is -2.43. The summed E-state index contributed by atoms with van der Waals surface area (Å²) in [6.07, 6.45) is 2.97. The minimum Gasteiger partial charge on any atom is -0.325 e. The molecule has 0 radical (unpaired) electrons. The minimum atomic E-state index is -0.0925. The van der Waals surface area contributed by atoms with Crippen LogP contribution in [-0.4, -0.2) is 40.6 Å². The predicted octanol–water partition coefficient (Wildman–Crippen LogP) is 2.52. The van der Waals surface area contributed by atoms with E-state index in [9.17, 15) is 4.79 Å². The fraction of sp³-hybridized carbons (Fsp3) is 0.562. The average molecular weight is 292 g/mol. The van der Waals surface area contributed by atoms with Gasteiger partial charge in [0.05, 0.1) is 12.2 Å². The molecule has 110 valence electrons. The number of nitrogens with zero attached hydrogens (tertiary/aromatic N) is 1. The summed E-state index contributed by atoms with van der Waals surface area (Å²) < 4.78 is 0.0905. The molecule has 1 aromatic carbocycles. The van der Waals surface area contributed by atoms with Crippen LogP contribution < -0.4 is 5.32 Å². The molecule has 1 aliphatic rings. The van der Waals surface area contributed by atoms with Gasteiger partial charge in [0.15, 0.2) is 0 Å². The van der Waals surface area contributed by atoms with E-state index in [1.807, 2.05) is 23.1 Å². The minimum absolute atomic E-state index is 0.0905. The highest BCUT2D eigenvalue weighted by atomic mass is 32.2. The summed E-state index contributed by atoms with van der Waals surface area (Å²) >= 11 is 1.80. The van der Waals surface area contributed by atoms with Crippen molar-refractivity contribution < 1.29 is 4.79 Å². The number of hydrogen-bond donors (Lipinski definition) is 1. The van der Waals surface area contributed by atoms with Crippen LogP contribution in [0.3, 0.4) is 0 Å². The summed E-state index contributed by atoms with van der Waals surface area (Å²) in [5, 5.41) is 3.42. The quantitative estimate of drug-likeness (QED) is 0.905. The molecule has 4 heteroatoms. The Hall–Kier alpha value is -1.00. The SMILES string of the molecule is CSC(C)(C)CN1C(=O)C(Cc2ccccc2)NC1C. The molecule has 1 amide bonds. The lowest BCUT2D eigenvalue weighted by atomic mass is 10.1. The maximum atomic E-state index is 12.6. The molecular formula is C16H24N2OS. The summed E-state index contributed by atoms with van der Waals surface area (Å²) in [6, 6.07) is 10.1. The third kappa shape index (κ3) is 3.55. The zero-order valence-corrected chi connectivity index (χ0v) is 13.5. The first kappa shape index (κ1) is 15.4. The van der Waals surface area contributed by atoms with Crippen molar-refractivity contribution in [1.29, 1.82) is 0 Å². The Morgan fingerprint density at radius 2 is 1.95 bits per heavy atom. The normalized spacial score (nSPS) is 23.4. The fourth-order valence-electron chi connectivity index (χ4n) is 2.53. The highest BCUT2D eigenvalue weighted by Crippen LogP contribution is 2.25. The Morgan fingerprint density at radius 1 is 1.30 bits per heavy atom. The molecule has 0 saturated carbocycles. The van der Waals surface area contributed by atoms with Crippen molar-refractivity contribution >= 4 is 17.7 Å². The standard InChI is InChI=1S/C16H24N2OS/c1-12-17-14(10-13-8-6-5-7-9-13)15(19)18(12)11-16(2,3)20-4/h5-9,12,14,17H,10-11H2,1-4H3. The number of rotatable bonds is 5. The number of carbonyl (C=O) groups excluding carboxylic acids is 1. The van der Waals surface area contributed by atoms with Crippen LogP contribution in [-0.2, 0) is 11.2 Å². The van der Waals surface area contributed by atoms with E-state index >= 15 is 0 Å². The summed E-state index contributed by atoms with van der Waals surface area (Å²) in [5.41, 5.74) is 1.21. The van der Waals surface area contributed by atoms with E-state index in [2.05, 4.69) is 44.5 Å². The van der Waals surface area contributed by atoms with Gasteiger partial charge in [-0.25, -0.2) is 0 Å². The highest BCUT2D eigenvalue weighted by molar-refractivity contribution is 7.99. The second-order valence-electron chi connectivity index (χ2n) is 6.01. The van der Waals surface area contributed by atoms with Crippen LogP contribution in [0.5, 0.6) is 0 Å². The Labute approximate surface area is 126 Å². The van der Waals surface area contributed by atoms with Crippen molar-refractivity contribution in [3.8, 4) is 0 Å². The third-order valence-corrected chi connectivity index (χ3v) is 5.11. The van der Waals surface area contributed by atoms with Gasteiger partial charge in [0.1, 0.15) is 0 Å². The second kappa shape index (κ2) is 6.19. The van der Waals surface area contributed by atoms with Gasteiger partial charge in [-0.2, -0.15) is 11.8 Å². The van der Waals surface area contributed by atoms with Crippen LogP contribution in [0.2, 0.25) is 0 Å². The van der Waals surface area contributed by atoms with Crippen LogP contribution in [0, 0.1) is 0 Å². The van der Waals surface area contributed by atoms with Crippen molar-refractivity contribution in [3.63, 3.8) is 0 Å². The van der Waals surface area contributed by atoms with E-state index in [-0.39, 0.29) is 22.9 Å². The van der Waals surface area contributed by atoms with Crippen molar-refractivity contribution in [2.24, 2.45) is 0 Å². The van der Waals surface area contributed by atoms with Crippen LogP contribution >= 0.6 is 11.8 Å². The maximum Gasteiger partial charge on any atom is 0.241 e. The first-order chi connectivity index (χ1) is 9.43. The monoisotopic (exact) mass is 292 g/mol. The molecule has 0 aromatic heterocycles. The van der Waals surface area contributed by atoms with E-state index in [1.54, 1.807) is 11.8 Å². The van der Waals surface area contributed by atoms with Crippen LogP contribution in [0.1, 0.15) is 26.3 Å². The molecule has 1 fully saturated rings. The van der Waals surface area contributed by atoms with Gasteiger partial charge < -0.3 is 4.90 Å². The largest absolute Gasteiger partial charge is 0.325 e. The van der Waals surface area contributed by atoms with Gasteiger partial charge in [0.25, 0.3) is 0 Å². The van der Waals surface area contributed by atoms with E-state index < -0.39 is 0 Å². The molecule has 2 atom stereocenters. The van der Waals surface area contributed by atoms with Crippen molar-refractivity contribution in [1.82, 2.24) is 10.2 Å². The molecule has 2 unspecified atom stereocenters. The lowest BCUT2D eigenvalue weighted by molar-refractivity contribution is -0.130. The Morgan fingerprint density at radius 3 is 2.55 bits per heavy atom. The third-order valence-electron chi connectivity index (χ3n) is 3.88. The summed E-state index contributed by atoms with van der Waals surface area (Å²) in [6.45, 7) is 7.22. The Bertz CT molecular complexity index is 461. The number of thioether (sulfide) groups is 1. The summed E-state index contributed by atoms with van der Waals surface area (Å²) in [4.78, 5) is 14.5. The Kier molecular flexibility index (Phi) is 4.76. The summed E-state index contributed by atoms with van der Waals surface area (Å²) in [7, 11) is 0. The number of nitrogens with one attached hydrogen (secondary N) is 1. The molecule has 0 spiro atoms. The van der Waals surface area contributed by atoms with E-state index in [0.717, 1.165) is 13.0 Å². The molecule has 3 nitrogen and oxygen atoms in total. The van der Waals surface area contributed by atoms with Gasteiger partial charge in [0.2, 0.25) is 5.91 Å². The van der Waals surface area contributed by atoms with Gasteiger partial charge in [-0.15, -0.1) is 0 Å². The number of carbonyl (C=O) groups is 1. The predicted molar refractivity (Wildman–Crippen MR) is 85.8 cm³/mol. The average Bonchev–Trinajstić information content (AvgIpc) is 2.67. The van der Waals surface area contributed by atoms with Gasteiger partial charge in [-0.3, -0.25) is 10.1 Å². The fourth-order valence-corrected chi connectivity index (χ4v) is 2.80. The molecule has 1 saturated heterocycles. The second-order valence-corrected chi connectivity index (χ2v) is 7.53. The highest BCUT2D eigenvalue weighted by Gasteiger charge is 2.38. The van der Waals surface area contributed by atoms with Crippen LogP contribution in [0.4, 0.5) is 0 Å². The van der Waals surface area contributed by atoms with E-state index in [0.29, 0.717) is 0 Å². The van der Waals surface area contributed by atoms with Gasteiger partial charge in [0, 0.05) is 11.3 Å². The molecule has 0 bridgehead atoms. The van der Waals surface area contributed by atoms with E-state index in [1.165, 1.54) is 5.56 Å². The topological polar surface area (TPSA) is 32.3 Å². The summed E-state index contributed by atoms with van der Waals surface area (Å²) in [5.74, 6) is 0.225. The molecule has 0 aliphatic carbocycles. The van der Waals surface area contributed by atoms with Gasteiger partial charge in [-0.05, 0) is 39.0 Å². The smallest absolute Gasteiger partial charge is 0.241 e. The molecule has 1 N–H and O–H groups in total. The molecule has 20 heavy (non-hydrogen) atoms. The zero-order valence-electron chi connectivity index (χ0n) is 12.7. The van der Waals surface area contributed by atoms with Crippen LogP contribution in [0.25, 0.3) is 0 Å².